The van der Waals surface area contributed by atoms with Gasteiger partial charge in [-0.3, -0.25) is 4.68 Å². The fraction of sp³-hybridized carbons (Fsp3) is 0.100. The molecule has 0 spiro atoms. The lowest BCUT2D eigenvalue weighted by molar-refractivity contribution is 0.453. The average Bonchev–Trinajstić information content (AvgIpc) is 2.49. The first kappa shape index (κ1) is 10.7. The van der Waals surface area contributed by atoms with Crippen molar-refractivity contribution < 1.29 is 4.74 Å². The molecule has 0 saturated carbocycles. The smallest absolute Gasteiger partial charge is 0.238 e. The molecule has 1 aromatic carbocycles. The SMILES string of the molecule is Cn1[c]cc(Oc2cc(Br)cc(Br)c2)n1. The Bertz CT molecular complexity index is 462. The number of aryl methyl sites for hydroxylation is 1. The van der Waals surface area contributed by atoms with Crippen molar-refractivity contribution in [2.24, 2.45) is 7.05 Å². The van der Waals surface area contributed by atoms with E-state index in [1.54, 1.807) is 17.8 Å². The highest BCUT2D eigenvalue weighted by molar-refractivity contribution is 9.11. The maximum absolute atomic E-state index is 5.54. The first-order valence-electron chi connectivity index (χ1n) is 4.19. The van der Waals surface area contributed by atoms with Gasteiger partial charge < -0.3 is 4.74 Å². The molecule has 5 heteroatoms. The van der Waals surface area contributed by atoms with Crippen LogP contribution in [0.4, 0.5) is 0 Å². The molecule has 1 radical (unpaired) electrons. The Morgan fingerprint density at radius 2 is 1.93 bits per heavy atom. The van der Waals surface area contributed by atoms with E-state index in [1.807, 2.05) is 18.2 Å². The summed E-state index contributed by atoms with van der Waals surface area (Å²) in [7, 11) is 1.80. The number of ether oxygens (including phenoxy) is 1. The van der Waals surface area contributed by atoms with Crippen LogP contribution in [-0.4, -0.2) is 9.78 Å². The number of benzene rings is 1. The van der Waals surface area contributed by atoms with Gasteiger partial charge in [0.25, 0.3) is 0 Å². The predicted molar refractivity (Wildman–Crippen MR) is 64.0 cm³/mol. The number of nitrogens with zero attached hydrogens (tertiary/aromatic N) is 2. The Hall–Kier alpha value is -0.810. The van der Waals surface area contributed by atoms with Crippen molar-refractivity contribution in [3.63, 3.8) is 0 Å². The first-order valence-corrected chi connectivity index (χ1v) is 5.78. The van der Waals surface area contributed by atoms with Gasteiger partial charge in [0, 0.05) is 22.1 Å². The number of halogens is 2. The van der Waals surface area contributed by atoms with Gasteiger partial charge in [-0.15, -0.1) is 5.10 Å². The lowest BCUT2D eigenvalue weighted by Crippen LogP contribution is -1.89. The van der Waals surface area contributed by atoms with Crippen molar-refractivity contribution in [2.45, 2.75) is 0 Å². The number of rotatable bonds is 2. The molecule has 0 saturated heterocycles. The molecule has 0 atom stereocenters. The van der Waals surface area contributed by atoms with Crippen LogP contribution in [0.2, 0.25) is 0 Å². The van der Waals surface area contributed by atoms with Crippen molar-refractivity contribution in [3.05, 3.63) is 39.4 Å². The lowest BCUT2D eigenvalue weighted by Gasteiger charge is -2.03. The van der Waals surface area contributed by atoms with E-state index < -0.39 is 0 Å². The summed E-state index contributed by atoms with van der Waals surface area (Å²) in [6.45, 7) is 0. The number of aromatic nitrogens is 2. The first-order chi connectivity index (χ1) is 7.13. The summed E-state index contributed by atoms with van der Waals surface area (Å²) < 4.78 is 9.01. The molecule has 0 bridgehead atoms. The third kappa shape index (κ3) is 2.82. The van der Waals surface area contributed by atoms with E-state index in [0.29, 0.717) is 5.88 Å². The second kappa shape index (κ2) is 4.37. The highest BCUT2D eigenvalue weighted by Gasteiger charge is 2.02. The number of hydrogen-bond acceptors (Lipinski definition) is 2. The zero-order chi connectivity index (χ0) is 10.8. The second-order valence-electron chi connectivity index (χ2n) is 2.94. The van der Waals surface area contributed by atoms with Gasteiger partial charge in [-0.1, -0.05) is 31.9 Å². The predicted octanol–water partition coefficient (Wildman–Crippen LogP) is 3.54. The standard InChI is InChI=1S/C10H7Br2N2O/c1-14-3-2-10(13-14)15-9-5-7(11)4-8(12)6-9/h2,4-6H,1H3. The molecule has 0 aliphatic heterocycles. The summed E-state index contributed by atoms with van der Waals surface area (Å²) in [5, 5.41) is 4.07. The normalized spacial score (nSPS) is 10.3. The van der Waals surface area contributed by atoms with Crippen LogP contribution in [-0.2, 0) is 7.05 Å². The second-order valence-corrected chi connectivity index (χ2v) is 4.77. The fourth-order valence-corrected chi connectivity index (χ4v) is 2.36. The van der Waals surface area contributed by atoms with E-state index in [1.165, 1.54) is 0 Å². The Kier molecular flexibility index (Phi) is 3.11. The van der Waals surface area contributed by atoms with Crippen molar-refractivity contribution in [2.75, 3.05) is 0 Å². The maximum atomic E-state index is 5.54. The number of hydrogen-bond donors (Lipinski definition) is 0. The Balaban J connectivity index is 2.24. The highest BCUT2D eigenvalue weighted by Crippen LogP contribution is 2.27. The third-order valence-electron chi connectivity index (χ3n) is 1.68. The van der Waals surface area contributed by atoms with E-state index in [0.717, 1.165) is 14.7 Å². The zero-order valence-electron chi connectivity index (χ0n) is 7.87. The molecular formula is C10H7Br2N2O. The topological polar surface area (TPSA) is 27.1 Å². The fourth-order valence-electron chi connectivity index (χ4n) is 1.11. The van der Waals surface area contributed by atoms with E-state index in [2.05, 4.69) is 43.2 Å². The van der Waals surface area contributed by atoms with Crippen LogP contribution in [0.15, 0.2) is 33.2 Å². The molecule has 2 aromatic rings. The molecule has 1 aromatic heterocycles. The van der Waals surface area contributed by atoms with Gasteiger partial charge >= 0.3 is 0 Å². The minimum atomic E-state index is 0.530. The molecule has 0 N–H and O–H groups in total. The van der Waals surface area contributed by atoms with Crippen LogP contribution in [0.5, 0.6) is 11.6 Å². The maximum Gasteiger partial charge on any atom is 0.238 e. The quantitative estimate of drug-likeness (QED) is 0.842. The Morgan fingerprint density at radius 3 is 2.47 bits per heavy atom. The van der Waals surface area contributed by atoms with Gasteiger partial charge in [0.1, 0.15) is 5.75 Å². The van der Waals surface area contributed by atoms with Crippen molar-refractivity contribution in [1.29, 1.82) is 0 Å². The average molecular weight is 331 g/mol. The minimum absolute atomic E-state index is 0.530. The zero-order valence-corrected chi connectivity index (χ0v) is 11.0. The molecule has 0 fully saturated rings. The molecular weight excluding hydrogens is 324 g/mol. The molecule has 1 heterocycles. The summed E-state index contributed by atoms with van der Waals surface area (Å²) in [4.78, 5) is 0. The van der Waals surface area contributed by atoms with Crippen molar-refractivity contribution in [3.8, 4) is 11.6 Å². The summed E-state index contributed by atoms with van der Waals surface area (Å²) in [5.41, 5.74) is 0. The van der Waals surface area contributed by atoms with Crippen LogP contribution in [0.1, 0.15) is 0 Å². The molecule has 2 rings (SSSR count). The summed E-state index contributed by atoms with van der Waals surface area (Å²) in [6, 6.07) is 7.38. The van der Waals surface area contributed by atoms with Crippen LogP contribution in [0.3, 0.4) is 0 Å². The third-order valence-corrected chi connectivity index (χ3v) is 2.60. The van der Waals surface area contributed by atoms with Gasteiger partial charge in [-0.05, 0) is 18.2 Å². The van der Waals surface area contributed by atoms with E-state index in [-0.39, 0.29) is 0 Å². The van der Waals surface area contributed by atoms with Crippen molar-refractivity contribution in [1.82, 2.24) is 9.78 Å². The minimum Gasteiger partial charge on any atom is -0.437 e. The van der Waals surface area contributed by atoms with Crippen molar-refractivity contribution >= 4 is 31.9 Å². The van der Waals surface area contributed by atoms with Gasteiger partial charge in [0.05, 0.1) is 6.20 Å². The molecule has 3 nitrogen and oxygen atoms in total. The largest absolute Gasteiger partial charge is 0.437 e. The van der Waals surface area contributed by atoms with E-state index in [4.69, 9.17) is 4.74 Å². The van der Waals surface area contributed by atoms with Crippen LogP contribution in [0, 0.1) is 6.20 Å². The van der Waals surface area contributed by atoms with Crippen LogP contribution in [0.25, 0.3) is 0 Å². The molecule has 15 heavy (non-hydrogen) atoms. The van der Waals surface area contributed by atoms with Gasteiger partial charge in [-0.25, -0.2) is 0 Å². The molecule has 77 valence electrons. The van der Waals surface area contributed by atoms with Crippen LogP contribution >= 0.6 is 31.9 Å². The molecule has 0 amide bonds. The van der Waals surface area contributed by atoms with Crippen LogP contribution < -0.4 is 4.74 Å². The summed E-state index contributed by atoms with van der Waals surface area (Å²) in [6.07, 6.45) is 2.88. The lowest BCUT2D eigenvalue weighted by atomic mass is 10.3. The Labute approximate surface area is 104 Å². The van der Waals surface area contributed by atoms with Gasteiger partial charge in [0.15, 0.2) is 0 Å². The molecule has 0 unspecified atom stereocenters. The molecule has 0 aliphatic carbocycles. The van der Waals surface area contributed by atoms with E-state index >= 15 is 0 Å². The highest BCUT2D eigenvalue weighted by atomic mass is 79.9. The molecule has 0 aliphatic rings. The summed E-state index contributed by atoms with van der Waals surface area (Å²) in [5.74, 6) is 1.26. The Morgan fingerprint density at radius 1 is 1.27 bits per heavy atom. The summed E-state index contributed by atoms with van der Waals surface area (Å²) >= 11 is 6.78. The van der Waals surface area contributed by atoms with Gasteiger partial charge in [0.2, 0.25) is 5.88 Å². The van der Waals surface area contributed by atoms with E-state index in [9.17, 15) is 0 Å². The monoisotopic (exact) mass is 329 g/mol. The van der Waals surface area contributed by atoms with Gasteiger partial charge in [-0.2, -0.15) is 0 Å².